The second-order valence-corrected chi connectivity index (χ2v) is 7.78. The molecule has 0 aliphatic carbocycles. The number of anilines is 1. The van der Waals surface area contributed by atoms with Gasteiger partial charge in [0.05, 0.1) is 12.2 Å². The van der Waals surface area contributed by atoms with Crippen molar-refractivity contribution in [2.24, 2.45) is 5.92 Å². The number of carbonyl (C=O) groups excluding carboxylic acids is 1. The van der Waals surface area contributed by atoms with Crippen LogP contribution in [0.3, 0.4) is 0 Å². The third-order valence-corrected chi connectivity index (χ3v) is 5.63. The van der Waals surface area contributed by atoms with E-state index in [0.29, 0.717) is 13.1 Å². The second kappa shape index (κ2) is 8.64. The lowest BCUT2D eigenvalue weighted by Crippen LogP contribution is -2.41. The van der Waals surface area contributed by atoms with Gasteiger partial charge in [0.25, 0.3) is 0 Å². The fourth-order valence-electron chi connectivity index (χ4n) is 3.96. The van der Waals surface area contributed by atoms with Gasteiger partial charge < -0.3 is 10.2 Å². The lowest BCUT2D eigenvalue weighted by atomic mass is 9.96. The van der Waals surface area contributed by atoms with E-state index in [-0.39, 0.29) is 11.8 Å². The van der Waals surface area contributed by atoms with Gasteiger partial charge in [0.15, 0.2) is 0 Å². The summed E-state index contributed by atoms with van der Waals surface area (Å²) < 4.78 is 3.88. The minimum Gasteiger partial charge on any atom is -0.356 e. The van der Waals surface area contributed by atoms with Gasteiger partial charge in [-0.05, 0) is 39.7 Å². The van der Waals surface area contributed by atoms with Gasteiger partial charge in [-0.2, -0.15) is 5.10 Å². The van der Waals surface area contributed by atoms with Crippen molar-refractivity contribution < 1.29 is 4.79 Å². The number of imidazole rings is 1. The molecule has 4 heterocycles. The Morgan fingerprint density at radius 2 is 1.87 bits per heavy atom. The molecule has 158 valence electrons. The van der Waals surface area contributed by atoms with E-state index >= 15 is 0 Å². The number of nitrogens with zero attached hydrogens (tertiary/aromatic N) is 7. The fraction of sp³-hybridized carbons (Fsp3) is 0.476. The van der Waals surface area contributed by atoms with Crippen LogP contribution < -0.4 is 10.2 Å². The van der Waals surface area contributed by atoms with E-state index in [1.807, 2.05) is 48.3 Å². The SMILES string of the molecule is Cc1cc(C)n(CCNC(=O)C2CCN(c3cc(-n4ccnc4C)ncn3)CC2)n1. The molecule has 9 nitrogen and oxygen atoms in total. The molecule has 0 spiro atoms. The van der Waals surface area contributed by atoms with E-state index in [0.717, 1.165) is 54.8 Å². The Hall–Kier alpha value is -3.23. The third kappa shape index (κ3) is 4.34. The predicted octanol–water partition coefficient (Wildman–Crippen LogP) is 1.82. The standard InChI is InChI=1S/C21H28N8O/c1-15-12-16(2)29(26-15)11-7-23-21(30)18-4-8-27(9-5-18)19-13-20(25-14-24-19)28-10-6-22-17(28)3/h6,10,12-14,18H,4-5,7-9,11H2,1-3H3,(H,23,30). The molecule has 1 aliphatic heterocycles. The molecule has 0 atom stereocenters. The van der Waals surface area contributed by atoms with Gasteiger partial charge in [0.1, 0.15) is 23.8 Å². The first kappa shape index (κ1) is 20.1. The normalized spacial score (nSPS) is 14.8. The van der Waals surface area contributed by atoms with Gasteiger partial charge in [-0.1, -0.05) is 0 Å². The van der Waals surface area contributed by atoms with E-state index in [9.17, 15) is 4.79 Å². The highest BCUT2D eigenvalue weighted by Gasteiger charge is 2.25. The van der Waals surface area contributed by atoms with Crippen molar-refractivity contribution in [2.45, 2.75) is 40.2 Å². The zero-order valence-electron chi connectivity index (χ0n) is 17.7. The van der Waals surface area contributed by atoms with Crippen molar-refractivity contribution in [3.05, 3.63) is 48.1 Å². The number of rotatable bonds is 6. The molecule has 1 N–H and O–H groups in total. The van der Waals surface area contributed by atoms with Crippen LogP contribution in [0, 0.1) is 26.7 Å². The predicted molar refractivity (Wildman–Crippen MR) is 114 cm³/mol. The molecule has 1 amide bonds. The number of hydrogen-bond acceptors (Lipinski definition) is 6. The lowest BCUT2D eigenvalue weighted by Gasteiger charge is -2.32. The molecule has 3 aromatic rings. The maximum atomic E-state index is 12.6. The minimum absolute atomic E-state index is 0.0407. The van der Waals surface area contributed by atoms with Crippen molar-refractivity contribution >= 4 is 11.7 Å². The smallest absolute Gasteiger partial charge is 0.223 e. The van der Waals surface area contributed by atoms with E-state index in [4.69, 9.17) is 0 Å². The first-order valence-electron chi connectivity index (χ1n) is 10.4. The summed E-state index contributed by atoms with van der Waals surface area (Å²) in [4.78, 5) is 27.8. The highest BCUT2D eigenvalue weighted by molar-refractivity contribution is 5.78. The highest BCUT2D eigenvalue weighted by Crippen LogP contribution is 2.23. The summed E-state index contributed by atoms with van der Waals surface area (Å²) in [7, 11) is 0. The number of aromatic nitrogens is 6. The van der Waals surface area contributed by atoms with Crippen LogP contribution in [0.5, 0.6) is 0 Å². The molecular formula is C21H28N8O. The third-order valence-electron chi connectivity index (χ3n) is 5.63. The number of piperidine rings is 1. The zero-order valence-corrected chi connectivity index (χ0v) is 17.7. The molecule has 30 heavy (non-hydrogen) atoms. The second-order valence-electron chi connectivity index (χ2n) is 7.78. The van der Waals surface area contributed by atoms with E-state index in [2.05, 4.69) is 30.3 Å². The summed E-state index contributed by atoms with van der Waals surface area (Å²) >= 11 is 0. The fourth-order valence-corrected chi connectivity index (χ4v) is 3.96. The first-order valence-corrected chi connectivity index (χ1v) is 10.4. The number of amides is 1. The monoisotopic (exact) mass is 408 g/mol. The Morgan fingerprint density at radius 1 is 1.10 bits per heavy atom. The Morgan fingerprint density at radius 3 is 2.53 bits per heavy atom. The molecular weight excluding hydrogens is 380 g/mol. The van der Waals surface area contributed by atoms with Crippen LogP contribution >= 0.6 is 0 Å². The molecule has 4 rings (SSSR count). The van der Waals surface area contributed by atoms with Crippen molar-refractivity contribution in [3.8, 4) is 5.82 Å². The largest absolute Gasteiger partial charge is 0.356 e. The average Bonchev–Trinajstić information content (AvgIpc) is 3.32. The van der Waals surface area contributed by atoms with Gasteiger partial charge in [-0.3, -0.25) is 14.0 Å². The zero-order chi connectivity index (χ0) is 21.1. The quantitative estimate of drug-likeness (QED) is 0.669. The Kier molecular flexibility index (Phi) is 5.78. The van der Waals surface area contributed by atoms with Crippen LogP contribution in [0.4, 0.5) is 5.82 Å². The summed E-state index contributed by atoms with van der Waals surface area (Å²) in [5, 5.41) is 7.51. The molecule has 1 fully saturated rings. The van der Waals surface area contributed by atoms with Crippen LogP contribution in [-0.2, 0) is 11.3 Å². The summed E-state index contributed by atoms with van der Waals surface area (Å²) in [5.41, 5.74) is 2.12. The molecule has 0 aromatic carbocycles. The van der Waals surface area contributed by atoms with Gasteiger partial charge in [-0.15, -0.1) is 0 Å². The molecule has 0 radical (unpaired) electrons. The molecule has 1 aliphatic rings. The lowest BCUT2D eigenvalue weighted by molar-refractivity contribution is -0.125. The van der Waals surface area contributed by atoms with Crippen LogP contribution in [0.1, 0.15) is 30.1 Å². The first-order chi connectivity index (χ1) is 14.5. The number of hydrogen-bond donors (Lipinski definition) is 1. The van der Waals surface area contributed by atoms with Gasteiger partial charge in [0.2, 0.25) is 5.91 Å². The van der Waals surface area contributed by atoms with Crippen LogP contribution in [0.15, 0.2) is 30.9 Å². The van der Waals surface area contributed by atoms with Crippen molar-refractivity contribution in [1.29, 1.82) is 0 Å². The van der Waals surface area contributed by atoms with E-state index in [1.165, 1.54) is 0 Å². The average molecular weight is 409 g/mol. The van der Waals surface area contributed by atoms with Crippen LogP contribution in [0.2, 0.25) is 0 Å². The summed E-state index contributed by atoms with van der Waals surface area (Å²) in [5.74, 6) is 2.75. The van der Waals surface area contributed by atoms with Gasteiger partial charge >= 0.3 is 0 Å². The van der Waals surface area contributed by atoms with E-state index in [1.54, 1.807) is 12.5 Å². The topological polar surface area (TPSA) is 93.8 Å². The van der Waals surface area contributed by atoms with Crippen molar-refractivity contribution in [2.75, 3.05) is 24.5 Å². The number of aryl methyl sites for hydroxylation is 3. The molecule has 9 heteroatoms. The molecule has 0 bridgehead atoms. The van der Waals surface area contributed by atoms with Crippen LogP contribution in [-0.4, -0.2) is 54.8 Å². The van der Waals surface area contributed by atoms with Crippen LogP contribution in [0.25, 0.3) is 5.82 Å². The molecule has 0 unspecified atom stereocenters. The van der Waals surface area contributed by atoms with Gasteiger partial charge in [-0.25, -0.2) is 15.0 Å². The summed E-state index contributed by atoms with van der Waals surface area (Å²) in [6, 6.07) is 4.02. The Labute approximate surface area is 176 Å². The molecule has 3 aromatic heterocycles. The maximum absolute atomic E-state index is 12.6. The maximum Gasteiger partial charge on any atom is 0.223 e. The Balaban J connectivity index is 1.29. The molecule has 1 saturated heterocycles. The van der Waals surface area contributed by atoms with Crippen molar-refractivity contribution in [3.63, 3.8) is 0 Å². The van der Waals surface area contributed by atoms with Crippen molar-refractivity contribution in [1.82, 2.24) is 34.6 Å². The summed E-state index contributed by atoms with van der Waals surface area (Å²) in [6.45, 7) is 8.85. The summed E-state index contributed by atoms with van der Waals surface area (Å²) in [6.07, 6.45) is 6.87. The molecule has 0 saturated carbocycles. The number of nitrogens with one attached hydrogen (secondary N) is 1. The minimum atomic E-state index is 0.0407. The van der Waals surface area contributed by atoms with E-state index < -0.39 is 0 Å². The number of carbonyl (C=O) groups is 1. The highest BCUT2D eigenvalue weighted by atomic mass is 16.1. The van der Waals surface area contributed by atoms with Gasteiger partial charge in [0, 0.05) is 49.7 Å². The Bertz CT molecular complexity index is 1020.